The molecule has 2 aliphatic rings. The second-order valence-corrected chi connectivity index (χ2v) is 7.11. The van der Waals surface area contributed by atoms with Gasteiger partial charge in [-0.15, -0.1) is 11.3 Å². The number of fused-ring (bicyclic) bond motifs is 2. The molecule has 1 aliphatic carbocycles. The predicted molar refractivity (Wildman–Crippen MR) is 85.9 cm³/mol. The molecule has 5 nitrogen and oxygen atoms in total. The number of nitrogens with zero attached hydrogens (tertiary/aromatic N) is 3. The summed E-state index contributed by atoms with van der Waals surface area (Å²) in [5.41, 5.74) is 3.85. The first-order valence-corrected chi connectivity index (χ1v) is 8.72. The minimum Gasteiger partial charge on any atom is -0.331 e. The van der Waals surface area contributed by atoms with Crippen LogP contribution in [0.5, 0.6) is 0 Å². The molecule has 1 N–H and O–H groups in total. The molecule has 0 saturated carbocycles. The number of carbonyl (C=O) groups excluding carboxylic acids is 1. The lowest BCUT2D eigenvalue weighted by atomic mass is 9.93. The van der Waals surface area contributed by atoms with Crippen molar-refractivity contribution in [2.75, 3.05) is 6.54 Å². The number of hydrogen-bond acceptors (Lipinski definition) is 3. The summed E-state index contributed by atoms with van der Waals surface area (Å²) in [6.45, 7) is 1.55. The van der Waals surface area contributed by atoms with Crippen molar-refractivity contribution in [2.24, 2.45) is 7.05 Å². The molecule has 2 aromatic heterocycles. The number of thiophene rings is 1. The lowest BCUT2D eigenvalue weighted by Crippen LogP contribution is -2.44. The highest BCUT2D eigenvalue weighted by atomic mass is 32.1. The quantitative estimate of drug-likeness (QED) is 0.879. The fraction of sp³-hybridized carbons (Fsp3) is 0.500. The molecular formula is C16H20N4OS. The molecule has 1 unspecified atom stereocenters. The zero-order chi connectivity index (χ0) is 15.1. The van der Waals surface area contributed by atoms with Gasteiger partial charge in [0.15, 0.2) is 0 Å². The van der Waals surface area contributed by atoms with E-state index < -0.39 is 0 Å². The van der Waals surface area contributed by atoms with Gasteiger partial charge < -0.3 is 10.2 Å². The molecule has 0 fully saturated rings. The van der Waals surface area contributed by atoms with Crippen molar-refractivity contribution in [3.05, 3.63) is 39.3 Å². The van der Waals surface area contributed by atoms with E-state index in [0.29, 0.717) is 0 Å². The number of urea groups is 1. The van der Waals surface area contributed by atoms with Crippen molar-refractivity contribution >= 4 is 17.4 Å². The minimum absolute atomic E-state index is 0.0563. The smallest absolute Gasteiger partial charge is 0.318 e. The Morgan fingerprint density at radius 1 is 1.45 bits per heavy atom. The van der Waals surface area contributed by atoms with Gasteiger partial charge in [-0.2, -0.15) is 5.10 Å². The van der Waals surface area contributed by atoms with E-state index in [1.807, 2.05) is 22.8 Å². The van der Waals surface area contributed by atoms with Crippen molar-refractivity contribution in [1.82, 2.24) is 20.0 Å². The van der Waals surface area contributed by atoms with Gasteiger partial charge in [0.1, 0.15) is 0 Å². The maximum Gasteiger partial charge on any atom is 0.318 e. The summed E-state index contributed by atoms with van der Waals surface area (Å²) >= 11 is 1.75. The van der Waals surface area contributed by atoms with E-state index in [4.69, 9.17) is 0 Å². The largest absolute Gasteiger partial charge is 0.331 e. The van der Waals surface area contributed by atoms with Crippen molar-refractivity contribution < 1.29 is 4.79 Å². The molecule has 22 heavy (non-hydrogen) atoms. The summed E-state index contributed by atoms with van der Waals surface area (Å²) in [5, 5.41) is 9.68. The molecule has 0 bridgehead atoms. The van der Waals surface area contributed by atoms with Gasteiger partial charge in [0.25, 0.3) is 0 Å². The fourth-order valence-corrected chi connectivity index (χ4v) is 4.45. The summed E-state index contributed by atoms with van der Waals surface area (Å²) in [6.07, 6.45) is 6.04. The molecule has 0 aromatic carbocycles. The Bertz CT molecular complexity index is 705. The average molecular weight is 316 g/mol. The number of rotatable bonds is 1. The third-order valence-corrected chi connectivity index (χ3v) is 5.73. The van der Waals surface area contributed by atoms with Crippen LogP contribution in [-0.4, -0.2) is 27.3 Å². The van der Waals surface area contributed by atoms with Crippen LogP contribution in [0.2, 0.25) is 0 Å². The molecular weight excluding hydrogens is 296 g/mol. The third kappa shape index (κ3) is 2.31. The van der Waals surface area contributed by atoms with Crippen molar-refractivity contribution in [3.63, 3.8) is 0 Å². The van der Waals surface area contributed by atoms with E-state index >= 15 is 0 Å². The van der Waals surface area contributed by atoms with Gasteiger partial charge in [-0.3, -0.25) is 4.68 Å². The van der Waals surface area contributed by atoms with Gasteiger partial charge in [-0.25, -0.2) is 4.79 Å². The standard InChI is InChI=1S/C16H20N4OS/c1-19-14-4-2-3-13(12(14)9-17-19)18-16(21)20-7-5-11-6-8-22-15(11)10-20/h6,8-9,13H,2-5,7,10H2,1H3,(H,18,21). The Balaban J connectivity index is 1.47. The topological polar surface area (TPSA) is 50.2 Å². The molecule has 116 valence electrons. The van der Waals surface area contributed by atoms with Gasteiger partial charge in [0, 0.05) is 29.7 Å². The first-order chi connectivity index (χ1) is 10.7. The molecule has 1 aliphatic heterocycles. The van der Waals surface area contributed by atoms with Crippen molar-refractivity contribution in [3.8, 4) is 0 Å². The molecule has 2 amide bonds. The van der Waals surface area contributed by atoms with Gasteiger partial charge in [-0.1, -0.05) is 0 Å². The summed E-state index contributed by atoms with van der Waals surface area (Å²) in [4.78, 5) is 15.9. The number of carbonyl (C=O) groups is 1. The van der Waals surface area contributed by atoms with Gasteiger partial charge >= 0.3 is 6.03 Å². The monoisotopic (exact) mass is 316 g/mol. The lowest BCUT2D eigenvalue weighted by Gasteiger charge is -2.30. The number of amides is 2. The van der Waals surface area contributed by atoms with Crippen LogP contribution in [0, 0.1) is 0 Å². The van der Waals surface area contributed by atoms with Crippen LogP contribution in [0.4, 0.5) is 4.79 Å². The Morgan fingerprint density at radius 3 is 3.27 bits per heavy atom. The molecule has 4 rings (SSSR count). The maximum absolute atomic E-state index is 12.6. The van der Waals surface area contributed by atoms with E-state index in [2.05, 4.69) is 21.9 Å². The zero-order valence-electron chi connectivity index (χ0n) is 12.7. The van der Waals surface area contributed by atoms with Gasteiger partial charge in [-0.05, 0) is 42.7 Å². The normalized spacial score (nSPS) is 20.4. The van der Waals surface area contributed by atoms with E-state index in [1.165, 1.54) is 21.7 Å². The lowest BCUT2D eigenvalue weighted by molar-refractivity contribution is 0.187. The van der Waals surface area contributed by atoms with Crippen molar-refractivity contribution in [1.29, 1.82) is 0 Å². The molecule has 3 heterocycles. The van der Waals surface area contributed by atoms with Crippen LogP contribution in [0.15, 0.2) is 17.6 Å². The molecule has 0 radical (unpaired) electrons. The van der Waals surface area contributed by atoms with E-state index in [9.17, 15) is 4.79 Å². The first-order valence-electron chi connectivity index (χ1n) is 7.84. The van der Waals surface area contributed by atoms with Gasteiger partial charge in [0.2, 0.25) is 0 Å². The summed E-state index contributed by atoms with van der Waals surface area (Å²) in [5.74, 6) is 0. The second kappa shape index (κ2) is 5.43. The molecule has 2 aromatic rings. The summed E-state index contributed by atoms with van der Waals surface area (Å²) in [6, 6.07) is 2.34. The van der Waals surface area contributed by atoms with Crippen LogP contribution in [0.25, 0.3) is 0 Å². The van der Waals surface area contributed by atoms with Crippen LogP contribution >= 0.6 is 11.3 Å². The summed E-state index contributed by atoms with van der Waals surface area (Å²) in [7, 11) is 1.98. The fourth-order valence-electron chi connectivity index (χ4n) is 3.51. The number of hydrogen-bond donors (Lipinski definition) is 1. The van der Waals surface area contributed by atoms with Crippen LogP contribution in [-0.2, 0) is 26.4 Å². The van der Waals surface area contributed by atoms with Crippen LogP contribution in [0.3, 0.4) is 0 Å². The Labute approximate surface area is 133 Å². The maximum atomic E-state index is 12.6. The SMILES string of the molecule is Cn1ncc2c1CCCC2NC(=O)N1CCc2ccsc2C1. The highest BCUT2D eigenvalue weighted by Crippen LogP contribution is 2.30. The third-order valence-electron chi connectivity index (χ3n) is 4.78. The molecule has 0 spiro atoms. The molecule has 6 heteroatoms. The second-order valence-electron chi connectivity index (χ2n) is 6.11. The number of aromatic nitrogens is 2. The predicted octanol–water partition coefficient (Wildman–Crippen LogP) is 2.63. The minimum atomic E-state index is 0.0563. The van der Waals surface area contributed by atoms with Crippen LogP contribution in [0.1, 0.15) is 40.6 Å². The highest BCUT2D eigenvalue weighted by molar-refractivity contribution is 7.10. The van der Waals surface area contributed by atoms with Crippen LogP contribution < -0.4 is 5.32 Å². The highest BCUT2D eigenvalue weighted by Gasteiger charge is 2.28. The van der Waals surface area contributed by atoms with E-state index in [0.717, 1.165) is 38.8 Å². The summed E-state index contributed by atoms with van der Waals surface area (Å²) < 4.78 is 1.94. The number of aryl methyl sites for hydroxylation is 1. The molecule has 1 atom stereocenters. The first kappa shape index (κ1) is 13.8. The Morgan fingerprint density at radius 2 is 2.36 bits per heavy atom. The van der Waals surface area contributed by atoms with E-state index in [1.54, 1.807) is 11.3 Å². The Hall–Kier alpha value is -1.82. The van der Waals surface area contributed by atoms with Crippen molar-refractivity contribution in [2.45, 2.75) is 38.3 Å². The van der Waals surface area contributed by atoms with E-state index in [-0.39, 0.29) is 12.1 Å². The Kier molecular flexibility index (Phi) is 3.41. The number of nitrogens with one attached hydrogen (secondary N) is 1. The van der Waals surface area contributed by atoms with Gasteiger partial charge in [0.05, 0.1) is 18.8 Å². The average Bonchev–Trinajstić information content (AvgIpc) is 3.14. The molecule has 0 saturated heterocycles. The zero-order valence-corrected chi connectivity index (χ0v) is 13.5.